The Balaban J connectivity index is 1.75. The molecule has 8 heteroatoms. The first-order chi connectivity index (χ1) is 15.9. The lowest BCUT2D eigenvalue weighted by molar-refractivity contribution is -0.143. The summed E-state index contributed by atoms with van der Waals surface area (Å²) in [5, 5.41) is 10.1. The second-order valence-corrected chi connectivity index (χ2v) is 10.9. The molecule has 0 bridgehead atoms. The van der Waals surface area contributed by atoms with Gasteiger partial charge in [-0.2, -0.15) is 5.26 Å². The fraction of sp³-hybridized carbons (Fsp3) is 0.654. The van der Waals surface area contributed by atoms with Gasteiger partial charge in [-0.3, -0.25) is 4.79 Å². The summed E-state index contributed by atoms with van der Waals surface area (Å²) in [6.07, 6.45) is 4.96. The van der Waals surface area contributed by atoms with Crippen molar-refractivity contribution in [3.63, 3.8) is 0 Å². The van der Waals surface area contributed by atoms with E-state index in [0.29, 0.717) is 17.4 Å². The molecule has 1 aromatic rings. The van der Waals surface area contributed by atoms with Crippen molar-refractivity contribution in [3.8, 4) is 6.07 Å². The normalized spacial score (nSPS) is 21.9. The molecule has 34 heavy (non-hydrogen) atoms. The number of carbonyl (C=O) groups is 2. The average Bonchev–Trinajstić information content (AvgIpc) is 2.73. The van der Waals surface area contributed by atoms with Gasteiger partial charge in [0.25, 0.3) is 0 Å². The summed E-state index contributed by atoms with van der Waals surface area (Å²) in [7, 11) is 0. The molecule has 0 N–H and O–H groups in total. The Kier molecular flexibility index (Phi) is 7.84. The van der Waals surface area contributed by atoms with Crippen LogP contribution in [0.4, 0.5) is 13.6 Å². The number of nitrogens with zero attached hydrogens (tertiary/aromatic N) is 3. The number of ether oxygens (including phenoxy) is 1. The fourth-order valence-corrected chi connectivity index (χ4v) is 4.72. The number of likely N-dealkylation sites (tertiary alicyclic amines) is 1. The van der Waals surface area contributed by atoms with Crippen LogP contribution in [0.2, 0.25) is 0 Å². The Labute approximate surface area is 200 Å². The second kappa shape index (κ2) is 10.3. The molecule has 3 rings (SSSR count). The summed E-state index contributed by atoms with van der Waals surface area (Å²) in [5.74, 6) is -0.997. The largest absolute Gasteiger partial charge is 0.444 e. The summed E-state index contributed by atoms with van der Waals surface area (Å²) >= 11 is 0. The number of rotatable bonds is 6. The highest BCUT2D eigenvalue weighted by atomic mass is 19.2. The van der Waals surface area contributed by atoms with Crippen LogP contribution < -0.4 is 0 Å². The van der Waals surface area contributed by atoms with E-state index < -0.39 is 28.9 Å². The van der Waals surface area contributed by atoms with Crippen LogP contribution in [-0.4, -0.2) is 46.0 Å². The third-order valence-electron chi connectivity index (χ3n) is 6.81. The third kappa shape index (κ3) is 6.25. The van der Waals surface area contributed by atoms with Crippen molar-refractivity contribution in [3.05, 3.63) is 35.4 Å². The van der Waals surface area contributed by atoms with Gasteiger partial charge in [0.15, 0.2) is 17.2 Å². The maximum absolute atomic E-state index is 13.8. The molecule has 1 aliphatic carbocycles. The quantitative estimate of drug-likeness (QED) is 0.551. The maximum Gasteiger partial charge on any atom is 0.410 e. The van der Waals surface area contributed by atoms with Gasteiger partial charge in [0.2, 0.25) is 5.91 Å². The Morgan fingerprint density at radius 3 is 2.38 bits per heavy atom. The topological polar surface area (TPSA) is 73.6 Å². The number of nitriles is 1. The monoisotopic (exact) mass is 475 g/mol. The number of amides is 2. The van der Waals surface area contributed by atoms with Gasteiger partial charge in [0, 0.05) is 13.0 Å². The molecule has 2 aliphatic rings. The molecule has 1 saturated heterocycles. The van der Waals surface area contributed by atoms with Crippen LogP contribution in [-0.2, 0) is 16.1 Å². The van der Waals surface area contributed by atoms with Gasteiger partial charge in [0.1, 0.15) is 5.60 Å². The van der Waals surface area contributed by atoms with Crippen molar-refractivity contribution < 1.29 is 23.1 Å². The highest BCUT2D eigenvalue weighted by Crippen LogP contribution is 2.34. The number of carbonyl (C=O) groups excluding carboxylic acids is 2. The zero-order chi connectivity index (χ0) is 25.1. The van der Waals surface area contributed by atoms with Gasteiger partial charge in [0.05, 0.1) is 19.2 Å². The zero-order valence-corrected chi connectivity index (χ0v) is 20.6. The Morgan fingerprint density at radius 2 is 1.82 bits per heavy atom. The number of hydrogen-bond donors (Lipinski definition) is 0. The zero-order valence-electron chi connectivity index (χ0n) is 20.6. The summed E-state index contributed by atoms with van der Waals surface area (Å²) in [4.78, 5) is 28.6. The van der Waals surface area contributed by atoms with E-state index in [0.717, 1.165) is 44.2 Å². The minimum absolute atomic E-state index is 0.00870. The highest BCUT2D eigenvalue weighted by molar-refractivity contribution is 5.79. The molecule has 0 radical (unpaired) electrons. The van der Waals surface area contributed by atoms with Crippen molar-refractivity contribution in [2.24, 2.45) is 11.8 Å². The third-order valence-corrected chi connectivity index (χ3v) is 6.81. The average molecular weight is 476 g/mol. The summed E-state index contributed by atoms with van der Waals surface area (Å²) in [6, 6.07) is 5.70. The molecule has 186 valence electrons. The molecular weight excluding hydrogens is 440 g/mol. The molecule has 0 aromatic heterocycles. The predicted octanol–water partition coefficient (Wildman–Crippen LogP) is 5.41. The van der Waals surface area contributed by atoms with Crippen molar-refractivity contribution in [2.75, 3.05) is 13.1 Å². The summed E-state index contributed by atoms with van der Waals surface area (Å²) in [6.45, 7) is 7.50. The van der Waals surface area contributed by atoms with Gasteiger partial charge < -0.3 is 14.5 Å². The molecule has 1 saturated carbocycles. The van der Waals surface area contributed by atoms with E-state index in [1.54, 1.807) is 20.8 Å². The number of hydrogen-bond acceptors (Lipinski definition) is 4. The number of benzene rings is 1. The molecule has 6 nitrogen and oxygen atoms in total. The minimum atomic E-state index is -1.24. The molecule has 2 fully saturated rings. The highest BCUT2D eigenvalue weighted by Gasteiger charge is 2.53. The van der Waals surface area contributed by atoms with Crippen LogP contribution in [0.1, 0.15) is 71.8 Å². The standard InChI is InChI=1S/C26H35F2N3O3/c1-18-5-7-19(8-6-18)10-12-23(32)31(14-20-9-11-21(27)22(28)13-20)26(15-29)16-30(17-26)24(33)34-25(2,3)4/h9,11,13,18-19H,5-8,10,12,14,16-17H2,1-4H3. The molecule has 1 aromatic carbocycles. The van der Waals surface area contributed by atoms with Crippen LogP contribution >= 0.6 is 0 Å². The Hall–Kier alpha value is -2.69. The molecule has 1 aliphatic heterocycles. The van der Waals surface area contributed by atoms with Crippen LogP contribution in [0.3, 0.4) is 0 Å². The van der Waals surface area contributed by atoms with Crippen molar-refractivity contribution >= 4 is 12.0 Å². The Bertz CT molecular complexity index is 940. The Morgan fingerprint density at radius 1 is 1.18 bits per heavy atom. The van der Waals surface area contributed by atoms with E-state index in [1.165, 1.54) is 15.9 Å². The van der Waals surface area contributed by atoms with E-state index in [4.69, 9.17) is 4.74 Å². The second-order valence-electron chi connectivity index (χ2n) is 10.9. The van der Waals surface area contributed by atoms with Gasteiger partial charge in [-0.15, -0.1) is 0 Å². The lowest BCUT2D eigenvalue weighted by Crippen LogP contribution is -2.71. The van der Waals surface area contributed by atoms with Crippen LogP contribution in [0.15, 0.2) is 18.2 Å². The fourth-order valence-electron chi connectivity index (χ4n) is 4.72. The molecule has 2 amide bonds. The van der Waals surface area contributed by atoms with Gasteiger partial charge in [-0.1, -0.05) is 38.7 Å². The SMILES string of the molecule is CC1CCC(CCC(=O)N(Cc2ccc(F)c(F)c2)C2(C#N)CN(C(=O)OC(C)(C)C)C2)CC1. The minimum Gasteiger partial charge on any atom is -0.444 e. The first-order valence-electron chi connectivity index (χ1n) is 12.1. The van der Waals surface area contributed by atoms with E-state index in [-0.39, 0.29) is 32.0 Å². The van der Waals surface area contributed by atoms with E-state index in [1.807, 2.05) is 0 Å². The smallest absolute Gasteiger partial charge is 0.410 e. The first kappa shape index (κ1) is 25.9. The lowest BCUT2D eigenvalue weighted by atomic mass is 9.80. The van der Waals surface area contributed by atoms with Crippen LogP contribution in [0.25, 0.3) is 0 Å². The molecular formula is C26H35F2N3O3. The van der Waals surface area contributed by atoms with Crippen molar-refractivity contribution in [1.29, 1.82) is 5.26 Å². The maximum atomic E-state index is 13.8. The van der Waals surface area contributed by atoms with E-state index in [9.17, 15) is 23.6 Å². The van der Waals surface area contributed by atoms with Crippen LogP contribution in [0, 0.1) is 34.8 Å². The lowest BCUT2D eigenvalue weighted by Gasteiger charge is -2.51. The number of halogens is 2. The molecule has 0 spiro atoms. The van der Waals surface area contributed by atoms with E-state index >= 15 is 0 Å². The van der Waals surface area contributed by atoms with Crippen molar-refractivity contribution in [1.82, 2.24) is 9.80 Å². The van der Waals surface area contributed by atoms with Gasteiger partial charge in [-0.05, 0) is 56.7 Å². The molecule has 1 heterocycles. The predicted molar refractivity (Wildman–Crippen MR) is 123 cm³/mol. The summed E-state index contributed by atoms with van der Waals surface area (Å²) < 4.78 is 32.7. The van der Waals surface area contributed by atoms with Gasteiger partial charge >= 0.3 is 6.09 Å². The molecule has 0 unspecified atom stereocenters. The van der Waals surface area contributed by atoms with E-state index in [2.05, 4.69) is 13.0 Å². The van der Waals surface area contributed by atoms with Crippen molar-refractivity contribution in [2.45, 2.75) is 83.9 Å². The van der Waals surface area contributed by atoms with Gasteiger partial charge in [-0.25, -0.2) is 13.6 Å². The first-order valence-corrected chi connectivity index (χ1v) is 12.1. The molecule has 0 atom stereocenters. The van der Waals surface area contributed by atoms with Crippen LogP contribution in [0.5, 0.6) is 0 Å². The summed E-state index contributed by atoms with van der Waals surface area (Å²) in [5.41, 5.74) is -1.52.